The van der Waals surface area contributed by atoms with E-state index in [1.165, 1.54) is 0 Å². The molecule has 0 aromatic carbocycles. The molecule has 1 rings (SSSR count). The van der Waals surface area contributed by atoms with E-state index in [0.29, 0.717) is 0 Å². The molecule has 1 aromatic rings. The molecule has 0 aliphatic carbocycles. The van der Waals surface area contributed by atoms with Crippen molar-refractivity contribution in [3.8, 4) is 5.75 Å². The molecule has 0 aliphatic heterocycles. The Labute approximate surface area is 110 Å². The van der Waals surface area contributed by atoms with Crippen molar-refractivity contribution in [1.82, 2.24) is 20.0 Å². The third-order valence-corrected chi connectivity index (χ3v) is 3.79. The predicted molar refractivity (Wildman–Crippen MR) is 74.0 cm³/mol. The number of nitrogens with zero attached hydrogens (tertiary/aromatic N) is 3. The van der Waals surface area contributed by atoms with Gasteiger partial charge in [0.15, 0.2) is 5.75 Å². The lowest BCUT2D eigenvalue weighted by Crippen LogP contribution is -2.49. The van der Waals surface area contributed by atoms with Crippen LogP contribution in [0, 0.1) is 0 Å². The van der Waals surface area contributed by atoms with E-state index in [1.807, 2.05) is 11.7 Å². The Kier molecular flexibility index (Phi) is 4.76. The third-order valence-electron chi connectivity index (χ3n) is 3.79. The summed E-state index contributed by atoms with van der Waals surface area (Å²) in [6, 6.07) is 0.143. The summed E-state index contributed by atoms with van der Waals surface area (Å²) in [5.74, 6) is 0.839. The van der Waals surface area contributed by atoms with Gasteiger partial charge in [0, 0.05) is 12.1 Å². The number of ether oxygens (including phenoxy) is 1. The number of aromatic nitrogens is 2. The van der Waals surface area contributed by atoms with Gasteiger partial charge in [-0.25, -0.2) is 0 Å². The number of aryl methyl sites for hydroxylation is 1. The van der Waals surface area contributed by atoms with Gasteiger partial charge in [0.25, 0.3) is 0 Å². The van der Waals surface area contributed by atoms with Gasteiger partial charge < -0.3 is 15.0 Å². The Morgan fingerprint density at radius 2 is 2.11 bits per heavy atom. The fourth-order valence-electron chi connectivity index (χ4n) is 2.16. The lowest BCUT2D eigenvalue weighted by atomic mass is 9.90. The topological polar surface area (TPSA) is 42.3 Å². The number of hydrogen-bond donors (Lipinski definition) is 1. The van der Waals surface area contributed by atoms with E-state index in [4.69, 9.17) is 4.74 Å². The zero-order valence-electron chi connectivity index (χ0n) is 12.6. The Bertz CT molecular complexity index is 363. The minimum atomic E-state index is -0.0466. The number of rotatable bonds is 6. The Morgan fingerprint density at radius 3 is 2.50 bits per heavy atom. The minimum Gasteiger partial charge on any atom is -0.493 e. The van der Waals surface area contributed by atoms with E-state index in [-0.39, 0.29) is 11.6 Å². The van der Waals surface area contributed by atoms with Crippen LogP contribution in [0.5, 0.6) is 5.75 Å². The smallest absolute Gasteiger partial charge is 0.161 e. The van der Waals surface area contributed by atoms with Crippen LogP contribution in [-0.2, 0) is 6.54 Å². The normalized spacial score (nSPS) is 14.0. The summed E-state index contributed by atoms with van der Waals surface area (Å²) in [6.07, 6.45) is 1.79. The summed E-state index contributed by atoms with van der Waals surface area (Å²) < 4.78 is 7.43. The maximum Gasteiger partial charge on any atom is 0.161 e. The molecule has 0 bridgehead atoms. The molecule has 1 heterocycles. The van der Waals surface area contributed by atoms with Gasteiger partial charge in [-0.3, -0.25) is 4.68 Å². The lowest BCUT2D eigenvalue weighted by molar-refractivity contribution is 0.135. The van der Waals surface area contributed by atoms with E-state index < -0.39 is 0 Å². The average Bonchev–Trinajstić information content (AvgIpc) is 2.72. The zero-order chi connectivity index (χ0) is 13.9. The quantitative estimate of drug-likeness (QED) is 0.835. The van der Waals surface area contributed by atoms with Crippen LogP contribution in [-0.4, -0.2) is 48.5 Å². The molecule has 104 valence electrons. The van der Waals surface area contributed by atoms with Crippen molar-refractivity contribution in [2.75, 3.05) is 28.3 Å². The van der Waals surface area contributed by atoms with Crippen molar-refractivity contribution < 1.29 is 4.74 Å². The summed E-state index contributed by atoms with van der Waals surface area (Å²) in [5.41, 5.74) is 1.05. The van der Waals surface area contributed by atoms with E-state index >= 15 is 0 Å². The van der Waals surface area contributed by atoms with Crippen LogP contribution in [0.15, 0.2) is 6.20 Å². The van der Waals surface area contributed by atoms with Crippen LogP contribution < -0.4 is 10.1 Å². The van der Waals surface area contributed by atoms with Crippen LogP contribution in [0.3, 0.4) is 0 Å². The maximum absolute atomic E-state index is 5.44. The van der Waals surface area contributed by atoms with Crippen LogP contribution in [0.1, 0.15) is 32.5 Å². The second kappa shape index (κ2) is 5.71. The zero-order valence-corrected chi connectivity index (χ0v) is 12.6. The van der Waals surface area contributed by atoms with Crippen LogP contribution >= 0.6 is 0 Å². The molecule has 0 amide bonds. The highest BCUT2D eigenvalue weighted by Crippen LogP contribution is 2.34. The molecule has 1 unspecified atom stereocenters. The van der Waals surface area contributed by atoms with Gasteiger partial charge in [0.2, 0.25) is 0 Å². The summed E-state index contributed by atoms with van der Waals surface area (Å²) >= 11 is 0. The van der Waals surface area contributed by atoms with Crippen LogP contribution in [0.2, 0.25) is 0 Å². The lowest BCUT2D eigenvalue weighted by Gasteiger charge is -2.40. The first-order valence-electron chi connectivity index (χ1n) is 6.34. The molecule has 0 aliphatic rings. The number of hydrogen-bond acceptors (Lipinski definition) is 4. The van der Waals surface area contributed by atoms with E-state index in [2.05, 4.69) is 50.2 Å². The highest BCUT2D eigenvalue weighted by molar-refractivity contribution is 5.30. The molecule has 1 N–H and O–H groups in total. The van der Waals surface area contributed by atoms with Gasteiger partial charge in [-0.2, -0.15) is 5.10 Å². The largest absolute Gasteiger partial charge is 0.493 e. The molecule has 0 spiro atoms. The van der Waals surface area contributed by atoms with E-state index in [0.717, 1.165) is 18.0 Å². The molecule has 0 fully saturated rings. The van der Waals surface area contributed by atoms with Gasteiger partial charge >= 0.3 is 0 Å². The highest BCUT2D eigenvalue weighted by atomic mass is 16.5. The first-order chi connectivity index (χ1) is 8.39. The fourth-order valence-corrected chi connectivity index (χ4v) is 2.16. The van der Waals surface area contributed by atoms with Crippen molar-refractivity contribution in [2.24, 2.45) is 0 Å². The van der Waals surface area contributed by atoms with Crippen molar-refractivity contribution in [2.45, 2.75) is 38.9 Å². The van der Waals surface area contributed by atoms with E-state index in [9.17, 15) is 0 Å². The molecule has 0 saturated carbocycles. The average molecular weight is 254 g/mol. The minimum absolute atomic E-state index is 0.0466. The third kappa shape index (κ3) is 2.52. The Morgan fingerprint density at radius 1 is 1.50 bits per heavy atom. The van der Waals surface area contributed by atoms with Gasteiger partial charge in [0.1, 0.15) is 0 Å². The van der Waals surface area contributed by atoms with Crippen LogP contribution in [0.25, 0.3) is 0 Å². The molecule has 0 saturated heterocycles. The monoisotopic (exact) mass is 254 g/mol. The molecular formula is C13H26N4O. The number of methoxy groups -OCH3 is 1. The first kappa shape index (κ1) is 15.0. The second-order valence-corrected chi connectivity index (χ2v) is 5.18. The van der Waals surface area contributed by atoms with Crippen molar-refractivity contribution in [3.05, 3.63) is 11.9 Å². The van der Waals surface area contributed by atoms with E-state index in [1.54, 1.807) is 13.3 Å². The predicted octanol–water partition coefficient (Wildman–Crippen LogP) is 1.51. The van der Waals surface area contributed by atoms with Crippen molar-refractivity contribution in [3.63, 3.8) is 0 Å². The summed E-state index contributed by atoms with van der Waals surface area (Å²) in [5, 5.41) is 7.77. The SMILES string of the molecule is CCn1ncc(OC)c1C(NC)C(C)(C)N(C)C. The van der Waals surface area contributed by atoms with Gasteiger partial charge in [-0.05, 0) is 41.9 Å². The van der Waals surface area contributed by atoms with Gasteiger partial charge in [-0.1, -0.05) is 0 Å². The fraction of sp³-hybridized carbons (Fsp3) is 0.769. The summed E-state index contributed by atoms with van der Waals surface area (Å²) in [6.45, 7) is 7.34. The van der Waals surface area contributed by atoms with Gasteiger partial charge in [0.05, 0.1) is 25.0 Å². The van der Waals surface area contributed by atoms with Crippen molar-refractivity contribution >= 4 is 0 Å². The molecule has 1 atom stereocenters. The maximum atomic E-state index is 5.44. The van der Waals surface area contributed by atoms with Crippen LogP contribution in [0.4, 0.5) is 0 Å². The molecule has 1 aromatic heterocycles. The highest BCUT2D eigenvalue weighted by Gasteiger charge is 2.36. The Hall–Kier alpha value is -1.07. The summed E-state index contributed by atoms with van der Waals surface area (Å²) in [7, 11) is 7.84. The Balaban J connectivity index is 3.27. The molecule has 0 radical (unpaired) electrons. The standard InChI is InChI=1S/C13H26N4O/c1-8-17-11(10(18-7)9-15-17)12(14-4)13(2,3)16(5)6/h9,12,14H,8H2,1-7H3. The number of nitrogens with one attached hydrogen (secondary N) is 1. The second-order valence-electron chi connectivity index (χ2n) is 5.18. The molecule has 5 heteroatoms. The van der Waals surface area contributed by atoms with Crippen molar-refractivity contribution in [1.29, 1.82) is 0 Å². The molecule has 18 heavy (non-hydrogen) atoms. The molecule has 5 nitrogen and oxygen atoms in total. The first-order valence-corrected chi connectivity index (χ1v) is 6.34. The summed E-state index contributed by atoms with van der Waals surface area (Å²) in [4.78, 5) is 2.21. The van der Waals surface area contributed by atoms with Gasteiger partial charge in [-0.15, -0.1) is 0 Å². The number of likely N-dealkylation sites (N-methyl/N-ethyl adjacent to an activating group) is 2. The molecular weight excluding hydrogens is 228 g/mol.